The van der Waals surface area contributed by atoms with Gasteiger partial charge in [-0.2, -0.15) is 0 Å². The molecule has 17 heavy (non-hydrogen) atoms. The Balaban J connectivity index is 2.18. The third kappa shape index (κ3) is 6.67. The Labute approximate surface area is 106 Å². The summed E-state index contributed by atoms with van der Waals surface area (Å²) in [6, 6.07) is 0.711. The molecule has 0 saturated heterocycles. The molecule has 0 spiro atoms. The van der Waals surface area contributed by atoms with E-state index in [-0.39, 0.29) is 0 Å². The molecule has 0 bridgehead atoms. The average Bonchev–Trinajstić information content (AvgIpc) is 3.13. The molecule has 100 valence electrons. The molecule has 1 aliphatic rings. The summed E-state index contributed by atoms with van der Waals surface area (Å²) in [5, 5.41) is 3.41. The first-order valence-corrected chi connectivity index (χ1v) is 7.29. The van der Waals surface area contributed by atoms with Gasteiger partial charge in [-0.25, -0.2) is 0 Å². The van der Waals surface area contributed by atoms with Crippen LogP contribution in [-0.4, -0.2) is 36.5 Å². The smallest absolute Gasteiger partial charge is 0.223 e. The first kappa shape index (κ1) is 14.5. The minimum Gasteiger partial charge on any atom is -0.343 e. The highest BCUT2D eigenvalue weighted by molar-refractivity contribution is 5.76. The fourth-order valence-corrected chi connectivity index (χ4v) is 1.89. The van der Waals surface area contributed by atoms with Crippen LogP contribution in [0.4, 0.5) is 0 Å². The Morgan fingerprint density at radius 1 is 1.18 bits per heavy atom. The summed E-state index contributed by atoms with van der Waals surface area (Å²) < 4.78 is 0. The Hall–Kier alpha value is -0.570. The van der Waals surface area contributed by atoms with Crippen LogP contribution >= 0.6 is 0 Å². The minimum atomic E-state index is 0.333. The van der Waals surface area contributed by atoms with Gasteiger partial charge >= 0.3 is 0 Å². The fourth-order valence-electron chi connectivity index (χ4n) is 1.89. The molecule has 0 unspecified atom stereocenters. The van der Waals surface area contributed by atoms with Gasteiger partial charge in [0.1, 0.15) is 0 Å². The first-order valence-electron chi connectivity index (χ1n) is 7.29. The Morgan fingerprint density at radius 2 is 1.76 bits per heavy atom. The molecule has 0 radical (unpaired) electrons. The molecule has 3 nitrogen and oxygen atoms in total. The van der Waals surface area contributed by atoms with Crippen LogP contribution in [0.15, 0.2) is 0 Å². The fraction of sp³-hybridized carbons (Fsp3) is 0.929. The Kier molecular flexibility index (Phi) is 7.25. The Bertz CT molecular complexity index is 206. The van der Waals surface area contributed by atoms with Gasteiger partial charge in [-0.1, -0.05) is 26.7 Å². The molecule has 1 rings (SSSR count). The number of hydrogen-bond donors (Lipinski definition) is 1. The summed E-state index contributed by atoms with van der Waals surface area (Å²) in [5.74, 6) is 0.333. The van der Waals surface area contributed by atoms with Crippen LogP contribution < -0.4 is 5.32 Å². The number of nitrogens with zero attached hydrogens (tertiary/aromatic N) is 1. The molecule has 1 saturated carbocycles. The van der Waals surface area contributed by atoms with Crippen molar-refractivity contribution >= 4 is 5.91 Å². The quantitative estimate of drug-likeness (QED) is 0.636. The van der Waals surface area contributed by atoms with Gasteiger partial charge in [0.15, 0.2) is 0 Å². The lowest BCUT2D eigenvalue weighted by Crippen LogP contribution is -2.35. The van der Waals surface area contributed by atoms with E-state index in [9.17, 15) is 4.79 Å². The maximum absolute atomic E-state index is 12.0. The molecule has 1 fully saturated rings. The van der Waals surface area contributed by atoms with Crippen LogP contribution in [0.2, 0.25) is 0 Å². The predicted molar refractivity (Wildman–Crippen MR) is 72.0 cm³/mol. The minimum absolute atomic E-state index is 0.333. The van der Waals surface area contributed by atoms with E-state index in [2.05, 4.69) is 24.1 Å². The average molecular weight is 240 g/mol. The summed E-state index contributed by atoms with van der Waals surface area (Å²) >= 11 is 0. The molecular formula is C14H28N2O. The van der Waals surface area contributed by atoms with E-state index in [1.54, 1.807) is 0 Å². The third-order valence-electron chi connectivity index (χ3n) is 3.27. The molecule has 0 aliphatic heterocycles. The monoisotopic (exact) mass is 240 g/mol. The van der Waals surface area contributed by atoms with Crippen molar-refractivity contribution in [2.45, 2.75) is 64.8 Å². The van der Waals surface area contributed by atoms with Crippen molar-refractivity contribution in [3.05, 3.63) is 0 Å². The zero-order valence-electron chi connectivity index (χ0n) is 11.5. The topological polar surface area (TPSA) is 32.3 Å². The van der Waals surface area contributed by atoms with E-state index in [1.165, 1.54) is 12.8 Å². The van der Waals surface area contributed by atoms with Crippen LogP contribution in [0, 0.1) is 0 Å². The van der Waals surface area contributed by atoms with E-state index in [0.717, 1.165) is 45.3 Å². The molecule has 0 aromatic carbocycles. The standard InChI is InChI=1S/C14H28N2O/c1-3-5-11-16(12-6-4-2)14(17)9-10-15-13-7-8-13/h13,15H,3-12H2,1-2H3. The van der Waals surface area contributed by atoms with Crippen molar-refractivity contribution in [1.82, 2.24) is 10.2 Å². The molecule has 0 aromatic heterocycles. The third-order valence-corrected chi connectivity index (χ3v) is 3.27. The summed E-state index contributed by atoms with van der Waals surface area (Å²) in [6.07, 6.45) is 7.85. The number of unbranched alkanes of at least 4 members (excludes halogenated alkanes) is 2. The van der Waals surface area contributed by atoms with E-state index >= 15 is 0 Å². The zero-order chi connectivity index (χ0) is 12.5. The number of nitrogens with one attached hydrogen (secondary N) is 1. The zero-order valence-corrected chi connectivity index (χ0v) is 11.5. The lowest BCUT2D eigenvalue weighted by atomic mass is 10.2. The van der Waals surface area contributed by atoms with Crippen LogP contribution in [0.1, 0.15) is 58.8 Å². The molecular weight excluding hydrogens is 212 g/mol. The second-order valence-corrected chi connectivity index (χ2v) is 5.07. The van der Waals surface area contributed by atoms with Gasteiger partial charge < -0.3 is 10.2 Å². The summed E-state index contributed by atoms with van der Waals surface area (Å²) in [7, 11) is 0. The molecule has 3 heteroatoms. The van der Waals surface area contributed by atoms with Crippen molar-refractivity contribution in [2.24, 2.45) is 0 Å². The first-order chi connectivity index (χ1) is 8.27. The molecule has 1 amide bonds. The maximum atomic E-state index is 12.0. The van der Waals surface area contributed by atoms with E-state index < -0.39 is 0 Å². The van der Waals surface area contributed by atoms with Crippen LogP contribution in [0.3, 0.4) is 0 Å². The van der Waals surface area contributed by atoms with Gasteiger partial charge in [0.05, 0.1) is 0 Å². The lowest BCUT2D eigenvalue weighted by Gasteiger charge is -2.22. The normalized spacial score (nSPS) is 14.9. The van der Waals surface area contributed by atoms with Crippen molar-refractivity contribution in [1.29, 1.82) is 0 Å². The van der Waals surface area contributed by atoms with Crippen molar-refractivity contribution < 1.29 is 4.79 Å². The summed E-state index contributed by atoms with van der Waals surface area (Å²) in [6.45, 7) is 7.10. The van der Waals surface area contributed by atoms with Gasteiger partial charge in [0.2, 0.25) is 5.91 Å². The van der Waals surface area contributed by atoms with Crippen molar-refractivity contribution in [2.75, 3.05) is 19.6 Å². The van der Waals surface area contributed by atoms with Crippen molar-refractivity contribution in [3.63, 3.8) is 0 Å². The summed E-state index contributed by atoms with van der Waals surface area (Å²) in [5.41, 5.74) is 0. The number of hydrogen-bond acceptors (Lipinski definition) is 2. The second kappa shape index (κ2) is 8.51. The Morgan fingerprint density at radius 3 is 2.24 bits per heavy atom. The SMILES string of the molecule is CCCCN(CCCC)C(=O)CCNC1CC1. The highest BCUT2D eigenvalue weighted by Gasteiger charge is 2.20. The van der Waals surface area contributed by atoms with Gasteiger partial charge in [0.25, 0.3) is 0 Å². The molecule has 1 N–H and O–H groups in total. The predicted octanol–water partition coefficient (Wildman–Crippen LogP) is 2.56. The van der Waals surface area contributed by atoms with E-state index in [4.69, 9.17) is 0 Å². The maximum Gasteiger partial charge on any atom is 0.223 e. The highest BCUT2D eigenvalue weighted by Crippen LogP contribution is 2.18. The molecule has 0 heterocycles. The highest BCUT2D eigenvalue weighted by atomic mass is 16.2. The van der Waals surface area contributed by atoms with Gasteiger partial charge in [0, 0.05) is 32.1 Å². The van der Waals surface area contributed by atoms with E-state index in [0.29, 0.717) is 18.4 Å². The largest absolute Gasteiger partial charge is 0.343 e. The number of amides is 1. The van der Waals surface area contributed by atoms with Crippen LogP contribution in [0.5, 0.6) is 0 Å². The summed E-state index contributed by atoms with van der Waals surface area (Å²) in [4.78, 5) is 14.1. The lowest BCUT2D eigenvalue weighted by molar-refractivity contribution is -0.131. The van der Waals surface area contributed by atoms with Crippen molar-refractivity contribution in [3.8, 4) is 0 Å². The van der Waals surface area contributed by atoms with Gasteiger partial charge in [-0.05, 0) is 25.7 Å². The molecule has 0 atom stereocenters. The van der Waals surface area contributed by atoms with E-state index in [1.807, 2.05) is 0 Å². The number of carbonyl (C=O) groups is 1. The van der Waals surface area contributed by atoms with Crippen LogP contribution in [0.25, 0.3) is 0 Å². The molecule has 1 aliphatic carbocycles. The van der Waals surface area contributed by atoms with Gasteiger partial charge in [-0.15, -0.1) is 0 Å². The number of rotatable bonds is 10. The second-order valence-electron chi connectivity index (χ2n) is 5.07. The molecule has 0 aromatic rings. The number of carbonyl (C=O) groups excluding carboxylic acids is 1. The van der Waals surface area contributed by atoms with Crippen LogP contribution in [-0.2, 0) is 4.79 Å². The van der Waals surface area contributed by atoms with Gasteiger partial charge in [-0.3, -0.25) is 4.79 Å².